The molecule has 124 valence electrons. The Hall–Kier alpha value is -2.19. The number of rotatable bonds is 6. The van der Waals surface area contributed by atoms with Gasteiger partial charge in [0.15, 0.2) is 0 Å². The molecule has 3 rings (SSSR count). The van der Waals surface area contributed by atoms with Crippen LogP contribution in [-0.2, 0) is 17.8 Å². The highest BCUT2D eigenvalue weighted by atomic mass is 16.5. The molecule has 0 bridgehead atoms. The molecule has 0 spiro atoms. The van der Waals surface area contributed by atoms with Crippen molar-refractivity contribution in [1.82, 2.24) is 10.2 Å². The summed E-state index contributed by atoms with van der Waals surface area (Å²) in [6, 6.07) is 20.5. The Labute approximate surface area is 143 Å². The van der Waals surface area contributed by atoms with E-state index in [2.05, 4.69) is 46.6 Å². The second-order valence-electron chi connectivity index (χ2n) is 6.16. The van der Waals surface area contributed by atoms with Gasteiger partial charge in [-0.1, -0.05) is 42.5 Å². The monoisotopic (exact) mass is 321 g/mol. The van der Waals surface area contributed by atoms with Gasteiger partial charge in [-0.05, 0) is 23.3 Å². The molecule has 0 radical (unpaired) electrons. The van der Waals surface area contributed by atoms with Gasteiger partial charge in [0, 0.05) is 32.7 Å². The fourth-order valence-electron chi connectivity index (χ4n) is 3.02. The Morgan fingerprint density at radius 3 is 2.79 bits per heavy atom. The van der Waals surface area contributed by atoms with E-state index in [0.717, 1.165) is 44.9 Å². The molecule has 0 amide bonds. The van der Waals surface area contributed by atoms with E-state index in [4.69, 9.17) is 10.00 Å². The van der Waals surface area contributed by atoms with Crippen molar-refractivity contribution in [3.05, 3.63) is 71.3 Å². The van der Waals surface area contributed by atoms with Crippen LogP contribution in [0.4, 0.5) is 0 Å². The van der Waals surface area contributed by atoms with Crippen LogP contribution in [0.2, 0.25) is 0 Å². The third-order valence-electron chi connectivity index (χ3n) is 4.23. The summed E-state index contributed by atoms with van der Waals surface area (Å²) in [6.45, 7) is 5.26. The molecule has 0 aliphatic carbocycles. The van der Waals surface area contributed by atoms with Crippen molar-refractivity contribution < 1.29 is 4.74 Å². The number of hydrogen-bond acceptors (Lipinski definition) is 4. The Morgan fingerprint density at radius 2 is 1.96 bits per heavy atom. The highest BCUT2D eigenvalue weighted by Crippen LogP contribution is 2.10. The third-order valence-corrected chi connectivity index (χ3v) is 4.23. The van der Waals surface area contributed by atoms with Gasteiger partial charge in [0.2, 0.25) is 0 Å². The smallest absolute Gasteiger partial charge is 0.0991 e. The van der Waals surface area contributed by atoms with Crippen LogP contribution in [0.1, 0.15) is 16.7 Å². The molecule has 2 aromatic rings. The molecule has 1 heterocycles. The van der Waals surface area contributed by atoms with Crippen LogP contribution in [0.5, 0.6) is 0 Å². The molecule has 1 fully saturated rings. The summed E-state index contributed by atoms with van der Waals surface area (Å²) in [5.41, 5.74) is 3.18. The van der Waals surface area contributed by atoms with E-state index in [0.29, 0.717) is 5.56 Å². The van der Waals surface area contributed by atoms with Crippen molar-refractivity contribution >= 4 is 0 Å². The Bertz CT molecular complexity index is 681. The van der Waals surface area contributed by atoms with Crippen LogP contribution < -0.4 is 5.32 Å². The van der Waals surface area contributed by atoms with Crippen molar-refractivity contribution in [2.75, 3.05) is 26.2 Å². The van der Waals surface area contributed by atoms with Gasteiger partial charge in [0.25, 0.3) is 0 Å². The quantitative estimate of drug-likeness (QED) is 0.888. The topological polar surface area (TPSA) is 48.3 Å². The van der Waals surface area contributed by atoms with E-state index >= 15 is 0 Å². The van der Waals surface area contributed by atoms with Crippen LogP contribution >= 0.6 is 0 Å². The normalized spacial score (nSPS) is 18.2. The van der Waals surface area contributed by atoms with Crippen molar-refractivity contribution in [3.63, 3.8) is 0 Å². The standard InChI is InChI=1S/C20H23N3O/c21-12-18-7-4-8-19(11-18)13-22-14-20-16-23(9-10-24-20)15-17-5-2-1-3-6-17/h1-8,11,20,22H,9-10,13-16H2/t20-/m1/s1. The summed E-state index contributed by atoms with van der Waals surface area (Å²) in [5.74, 6) is 0. The number of morpholine rings is 1. The van der Waals surface area contributed by atoms with E-state index in [1.54, 1.807) is 0 Å². The summed E-state index contributed by atoms with van der Waals surface area (Å²) < 4.78 is 5.87. The van der Waals surface area contributed by atoms with Gasteiger partial charge in [-0.25, -0.2) is 0 Å². The third kappa shape index (κ3) is 4.90. The van der Waals surface area contributed by atoms with Crippen molar-refractivity contribution in [3.8, 4) is 6.07 Å². The van der Waals surface area contributed by atoms with Gasteiger partial charge in [-0.2, -0.15) is 5.26 Å². The van der Waals surface area contributed by atoms with Crippen molar-refractivity contribution in [2.24, 2.45) is 0 Å². The molecule has 0 saturated carbocycles. The summed E-state index contributed by atoms with van der Waals surface area (Å²) in [4.78, 5) is 2.45. The molecule has 1 aliphatic heterocycles. The molecular formula is C20H23N3O. The van der Waals surface area contributed by atoms with Crippen LogP contribution in [-0.4, -0.2) is 37.2 Å². The predicted octanol–water partition coefficient (Wildman–Crippen LogP) is 2.55. The molecule has 1 aliphatic rings. The Kier molecular flexibility index (Phi) is 5.97. The van der Waals surface area contributed by atoms with Crippen molar-refractivity contribution in [2.45, 2.75) is 19.2 Å². The molecule has 0 unspecified atom stereocenters. The highest BCUT2D eigenvalue weighted by Gasteiger charge is 2.20. The molecule has 4 heteroatoms. The molecule has 4 nitrogen and oxygen atoms in total. The number of hydrogen-bond donors (Lipinski definition) is 1. The fourth-order valence-corrected chi connectivity index (χ4v) is 3.02. The molecule has 24 heavy (non-hydrogen) atoms. The number of benzene rings is 2. The van der Waals surface area contributed by atoms with E-state index in [1.165, 1.54) is 5.56 Å². The predicted molar refractivity (Wildman–Crippen MR) is 94.3 cm³/mol. The van der Waals surface area contributed by atoms with E-state index < -0.39 is 0 Å². The second kappa shape index (κ2) is 8.60. The Balaban J connectivity index is 1.44. The van der Waals surface area contributed by atoms with Gasteiger partial charge in [-0.3, -0.25) is 4.90 Å². The summed E-state index contributed by atoms with van der Waals surface area (Å²) in [5, 5.41) is 12.4. The van der Waals surface area contributed by atoms with Crippen molar-refractivity contribution in [1.29, 1.82) is 5.26 Å². The zero-order valence-electron chi connectivity index (χ0n) is 13.8. The lowest BCUT2D eigenvalue weighted by molar-refractivity contribution is -0.0300. The molecule has 1 saturated heterocycles. The minimum atomic E-state index is 0.210. The molecular weight excluding hydrogens is 298 g/mol. The minimum absolute atomic E-state index is 0.210. The zero-order chi connectivity index (χ0) is 16.6. The average Bonchev–Trinajstić information content (AvgIpc) is 2.63. The van der Waals surface area contributed by atoms with Crippen LogP contribution in [0.3, 0.4) is 0 Å². The average molecular weight is 321 g/mol. The van der Waals surface area contributed by atoms with E-state index in [-0.39, 0.29) is 6.10 Å². The zero-order valence-corrected chi connectivity index (χ0v) is 13.8. The van der Waals surface area contributed by atoms with E-state index in [9.17, 15) is 0 Å². The Morgan fingerprint density at radius 1 is 1.12 bits per heavy atom. The fraction of sp³-hybridized carbons (Fsp3) is 0.350. The van der Waals surface area contributed by atoms with Gasteiger partial charge >= 0.3 is 0 Å². The van der Waals surface area contributed by atoms with Gasteiger partial charge in [0.05, 0.1) is 24.3 Å². The SMILES string of the molecule is N#Cc1cccc(CNC[C@@H]2CN(Cc3ccccc3)CCO2)c1. The molecule has 0 aromatic heterocycles. The first kappa shape index (κ1) is 16.7. The van der Waals surface area contributed by atoms with Gasteiger partial charge < -0.3 is 10.1 Å². The van der Waals surface area contributed by atoms with E-state index in [1.807, 2.05) is 24.3 Å². The maximum atomic E-state index is 8.95. The van der Waals surface area contributed by atoms with Gasteiger partial charge in [0.1, 0.15) is 0 Å². The number of nitrogens with one attached hydrogen (secondary N) is 1. The lowest BCUT2D eigenvalue weighted by Crippen LogP contribution is -2.46. The van der Waals surface area contributed by atoms with Gasteiger partial charge in [-0.15, -0.1) is 0 Å². The van der Waals surface area contributed by atoms with Crippen LogP contribution in [0.15, 0.2) is 54.6 Å². The molecule has 1 atom stereocenters. The second-order valence-corrected chi connectivity index (χ2v) is 6.16. The maximum Gasteiger partial charge on any atom is 0.0991 e. The lowest BCUT2D eigenvalue weighted by Gasteiger charge is -2.33. The first-order valence-electron chi connectivity index (χ1n) is 8.41. The first-order chi connectivity index (χ1) is 11.8. The molecule has 2 aromatic carbocycles. The minimum Gasteiger partial charge on any atom is -0.374 e. The maximum absolute atomic E-state index is 8.95. The number of nitrogens with zero attached hydrogens (tertiary/aromatic N) is 2. The molecule has 1 N–H and O–H groups in total. The summed E-state index contributed by atoms with van der Waals surface area (Å²) in [6.07, 6.45) is 0.210. The lowest BCUT2D eigenvalue weighted by atomic mass is 10.1. The van der Waals surface area contributed by atoms with Crippen LogP contribution in [0.25, 0.3) is 0 Å². The number of nitriles is 1. The first-order valence-corrected chi connectivity index (χ1v) is 8.41. The summed E-state index contributed by atoms with van der Waals surface area (Å²) in [7, 11) is 0. The highest BCUT2D eigenvalue weighted by molar-refractivity contribution is 5.32. The van der Waals surface area contributed by atoms with Crippen LogP contribution in [0, 0.1) is 11.3 Å². The largest absolute Gasteiger partial charge is 0.374 e. The number of ether oxygens (including phenoxy) is 1. The summed E-state index contributed by atoms with van der Waals surface area (Å²) >= 11 is 0.